The van der Waals surface area contributed by atoms with Gasteiger partial charge in [0.05, 0.1) is 12.2 Å². The summed E-state index contributed by atoms with van der Waals surface area (Å²) in [5, 5.41) is 3.30. The fraction of sp³-hybridized carbons (Fsp3) is 0.600. The molecule has 1 aliphatic carbocycles. The molecule has 4 fully saturated rings. The molecule has 0 radical (unpaired) electrons. The maximum absolute atomic E-state index is 12.6. The Balaban J connectivity index is 1.14. The smallest absolute Gasteiger partial charge is 0.320 e. The van der Waals surface area contributed by atoms with E-state index in [2.05, 4.69) is 39.2 Å². The molecule has 1 unspecified atom stereocenters. The van der Waals surface area contributed by atoms with E-state index in [0.29, 0.717) is 30.3 Å². The van der Waals surface area contributed by atoms with E-state index < -0.39 is 5.91 Å². The molecular formula is C30H43N9O2. The summed E-state index contributed by atoms with van der Waals surface area (Å²) < 4.78 is 0. The van der Waals surface area contributed by atoms with Crippen molar-refractivity contribution in [2.24, 2.45) is 11.5 Å². The van der Waals surface area contributed by atoms with Crippen molar-refractivity contribution < 1.29 is 9.59 Å². The quantitative estimate of drug-likeness (QED) is 0.469. The van der Waals surface area contributed by atoms with Gasteiger partial charge in [0.1, 0.15) is 5.82 Å². The first-order chi connectivity index (χ1) is 19.7. The Morgan fingerprint density at radius 2 is 1.78 bits per heavy atom. The van der Waals surface area contributed by atoms with Crippen molar-refractivity contribution in [3.05, 3.63) is 41.7 Å². The van der Waals surface area contributed by atoms with Gasteiger partial charge in [-0.25, -0.2) is 14.8 Å². The number of nitrogens with one attached hydrogen (secondary N) is 1. The second-order valence-corrected chi connectivity index (χ2v) is 12.6. The lowest BCUT2D eigenvalue weighted by molar-refractivity contribution is 0.0663. The summed E-state index contributed by atoms with van der Waals surface area (Å²) in [6, 6.07) is 9.71. The topological polar surface area (TPSA) is 137 Å². The molecule has 3 saturated heterocycles. The molecule has 11 nitrogen and oxygen atoms in total. The molecule has 4 heterocycles. The molecule has 1 aromatic heterocycles. The normalized spacial score (nSPS) is 26.7. The van der Waals surface area contributed by atoms with Gasteiger partial charge in [0.2, 0.25) is 0 Å². The Morgan fingerprint density at radius 3 is 2.41 bits per heavy atom. The van der Waals surface area contributed by atoms with Crippen molar-refractivity contribution >= 4 is 29.3 Å². The van der Waals surface area contributed by atoms with Crippen LogP contribution in [-0.4, -0.2) is 101 Å². The first-order valence-electron chi connectivity index (χ1n) is 15.0. The zero-order valence-electron chi connectivity index (χ0n) is 24.3. The Kier molecular flexibility index (Phi) is 7.50. The van der Waals surface area contributed by atoms with Gasteiger partial charge in [0, 0.05) is 51.0 Å². The first-order valence-corrected chi connectivity index (χ1v) is 15.0. The first kappa shape index (κ1) is 27.7. The maximum atomic E-state index is 12.6. The van der Waals surface area contributed by atoms with Crippen LogP contribution in [0.4, 0.5) is 22.1 Å². The minimum absolute atomic E-state index is 0.0836. The molecule has 4 aliphatic rings. The number of carbonyl (C=O) groups is 2. The van der Waals surface area contributed by atoms with Gasteiger partial charge in [0.15, 0.2) is 11.5 Å². The van der Waals surface area contributed by atoms with Crippen LogP contribution in [0.3, 0.4) is 0 Å². The zero-order valence-corrected chi connectivity index (χ0v) is 24.3. The van der Waals surface area contributed by atoms with Gasteiger partial charge in [-0.1, -0.05) is 19.1 Å². The van der Waals surface area contributed by atoms with E-state index >= 15 is 0 Å². The second kappa shape index (κ2) is 11.1. The maximum Gasteiger partial charge on any atom is 0.320 e. The number of carbonyl (C=O) groups excluding carboxylic acids is 2. The third-order valence-electron chi connectivity index (χ3n) is 9.82. The molecular weight excluding hydrogens is 518 g/mol. The third kappa shape index (κ3) is 5.57. The fourth-order valence-corrected chi connectivity index (χ4v) is 6.92. The number of nitrogens with zero attached hydrogens (tertiary/aromatic N) is 6. The predicted octanol–water partition coefficient (Wildman–Crippen LogP) is 2.50. The highest BCUT2D eigenvalue weighted by Crippen LogP contribution is 2.38. The number of likely N-dealkylation sites (tertiary alicyclic amines) is 1. The number of piperidine rings is 2. The van der Waals surface area contributed by atoms with Crippen LogP contribution in [0.25, 0.3) is 0 Å². The van der Waals surface area contributed by atoms with E-state index in [1.54, 1.807) is 11.1 Å². The van der Waals surface area contributed by atoms with Crippen LogP contribution in [0, 0.1) is 0 Å². The zero-order chi connectivity index (χ0) is 28.7. The second-order valence-electron chi connectivity index (χ2n) is 12.6. The number of primary amides is 1. The molecule has 1 atom stereocenters. The van der Waals surface area contributed by atoms with Crippen molar-refractivity contribution in [2.45, 2.75) is 69.0 Å². The lowest BCUT2D eigenvalue weighted by Crippen LogP contribution is -2.54. The SMILES string of the molecule is CN1CCN(C2CCCN(c3cnc(C(N)=O)c(Nc4ccc(C5(C)CCN([C@H]6C[C@H](N)C6)CC5)cc4)n3)C2)C1=O. The number of urea groups is 1. The summed E-state index contributed by atoms with van der Waals surface area (Å²) >= 11 is 0. The van der Waals surface area contributed by atoms with Crippen molar-refractivity contribution in [2.75, 3.05) is 56.5 Å². The van der Waals surface area contributed by atoms with Gasteiger partial charge in [-0.05, 0) is 74.7 Å². The molecule has 220 valence electrons. The van der Waals surface area contributed by atoms with Gasteiger partial charge in [-0.15, -0.1) is 0 Å². The Morgan fingerprint density at radius 1 is 1.05 bits per heavy atom. The minimum atomic E-state index is -0.628. The van der Waals surface area contributed by atoms with Gasteiger partial charge in [-0.2, -0.15) is 0 Å². The highest BCUT2D eigenvalue weighted by Gasteiger charge is 2.38. The number of hydrogen-bond acceptors (Lipinski definition) is 8. The van der Waals surface area contributed by atoms with Crippen molar-refractivity contribution in [3.8, 4) is 0 Å². The van der Waals surface area contributed by atoms with E-state index in [1.165, 1.54) is 5.56 Å². The van der Waals surface area contributed by atoms with Gasteiger partial charge >= 0.3 is 6.03 Å². The average molecular weight is 562 g/mol. The Labute approximate surface area is 242 Å². The van der Waals surface area contributed by atoms with Gasteiger partial charge in [0.25, 0.3) is 5.91 Å². The highest BCUT2D eigenvalue weighted by molar-refractivity contribution is 5.96. The lowest BCUT2D eigenvalue weighted by atomic mass is 9.73. The molecule has 11 heteroatoms. The van der Waals surface area contributed by atoms with Crippen LogP contribution >= 0.6 is 0 Å². The summed E-state index contributed by atoms with van der Waals surface area (Å²) in [5.74, 6) is 0.391. The lowest BCUT2D eigenvalue weighted by Gasteiger charge is -2.47. The number of likely N-dealkylation sites (N-methyl/N-ethyl adjacent to an activating group) is 1. The number of aromatic nitrogens is 2. The summed E-state index contributed by atoms with van der Waals surface area (Å²) in [4.78, 5) is 42.5. The summed E-state index contributed by atoms with van der Waals surface area (Å²) in [6.45, 7) is 7.58. The molecule has 41 heavy (non-hydrogen) atoms. The van der Waals surface area contributed by atoms with Crippen LogP contribution in [0.15, 0.2) is 30.5 Å². The number of nitrogens with two attached hydrogens (primary N) is 2. The third-order valence-corrected chi connectivity index (χ3v) is 9.82. The van der Waals surface area contributed by atoms with Crippen LogP contribution in [0.2, 0.25) is 0 Å². The molecule has 1 saturated carbocycles. The number of anilines is 3. The van der Waals surface area contributed by atoms with E-state index in [4.69, 9.17) is 16.5 Å². The summed E-state index contributed by atoms with van der Waals surface area (Å²) in [5.41, 5.74) is 14.1. The van der Waals surface area contributed by atoms with Crippen LogP contribution in [-0.2, 0) is 5.41 Å². The van der Waals surface area contributed by atoms with Gasteiger partial charge < -0.3 is 36.4 Å². The van der Waals surface area contributed by atoms with Gasteiger partial charge in [-0.3, -0.25) is 4.79 Å². The number of rotatable bonds is 7. The number of amides is 3. The van der Waals surface area contributed by atoms with Crippen molar-refractivity contribution in [1.29, 1.82) is 0 Å². The standard InChI is InChI=1S/C30H43N9O2/c1-30(9-12-37(13-10-30)24-16-21(31)17-24)20-5-7-22(8-6-20)34-28-26(27(32)40)33-18-25(35-28)38-11-3-4-23(19-38)39-15-14-36(2)29(39)41/h5-8,18,21,23-24H,3-4,9-17,19,31H2,1-2H3,(H2,32,40)(H,34,35)/t21-,23?,24-. The predicted molar refractivity (Wildman–Crippen MR) is 159 cm³/mol. The van der Waals surface area contributed by atoms with Crippen molar-refractivity contribution in [1.82, 2.24) is 24.7 Å². The molecule has 2 aromatic rings. The van der Waals surface area contributed by atoms with E-state index in [1.807, 2.05) is 24.1 Å². The molecule has 3 amide bonds. The minimum Gasteiger partial charge on any atom is -0.364 e. The largest absolute Gasteiger partial charge is 0.364 e. The summed E-state index contributed by atoms with van der Waals surface area (Å²) in [6.07, 6.45) is 8.03. The van der Waals surface area contributed by atoms with Crippen LogP contribution < -0.4 is 21.7 Å². The Hall–Kier alpha value is -3.44. The number of benzene rings is 1. The van der Waals surface area contributed by atoms with E-state index in [0.717, 1.165) is 76.9 Å². The van der Waals surface area contributed by atoms with Crippen molar-refractivity contribution in [3.63, 3.8) is 0 Å². The fourth-order valence-electron chi connectivity index (χ4n) is 6.92. The molecule has 6 rings (SSSR count). The monoisotopic (exact) mass is 561 g/mol. The molecule has 0 spiro atoms. The van der Waals surface area contributed by atoms with E-state index in [9.17, 15) is 9.59 Å². The molecule has 3 aliphatic heterocycles. The average Bonchev–Trinajstić information content (AvgIpc) is 3.30. The molecule has 0 bridgehead atoms. The van der Waals surface area contributed by atoms with Crippen LogP contribution in [0.1, 0.15) is 61.5 Å². The molecule has 5 N–H and O–H groups in total. The summed E-state index contributed by atoms with van der Waals surface area (Å²) in [7, 11) is 1.84. The molecule has 1 aromatic carbocycles. The van der Waals surface area contributed by atoms with E-state index in [-0.39, 0.29) is 23.2 Å². The number of hydrogen-bond donors (Lipinski definition) is 3. The Bertz CT molecular complexity index is 1270. The highest BCUT2D eigenvalue weighted by atomic mass is 16.2. The van der Waals surface area contributed by atoms with Crippen LogP contribution in [0.5, 0.6) is 0 Å².